The van der Waals surface area contributed by atoms with Crippen molar-refractivity contribution >= 4 is 29.3 Å². The van der Waals surface area contributed by atoms with E-state index in [0.29, 0.717) is 11.4 Å². The van der Waals surface area contributed by atoms with Crippen molar-refractivity contribution in [3.63, 3.8) is 0 Å². The highest BCUT2D eigenvalue weighted by Gasteiger charge is 2.20. The Hall–Kier alpha value is -1.49. The minimum absolute atomic E-state index is 0.0191. The SMILES string of the molecule is CC1CSc2cc(C(=O)O)ccc2NC1=O. The van der Waals surface area contributed by atoms with Crippen LogP contribution in [0.25, 0.3) is 0 Å². The number of thioether (sulfide) groups is 1. The van der Waals surface area contributed by atoms with Crippen molar-refractivity contribution < 1.29 is 14.7 Å². The van der Waals surface area contributed by atoms with E-state index in [1.165, 1.54) is 17.8 Å². The van der Waals surface area contributed by atoms with Crippen LogP contribution in [-0.2, 0) is 4.79 Å². The maximum absolute atomic E-state index is 11.6. The summed E-state index contributed by atoms with van der Waals surface area (Å²) in [5.41, 5.74) is 0.944. The number of amides is 1. The van der Waals surface area contributed by atoms with Crippen molar-refractivity contribution in [3.8, 4) is 0 Å². The summed E-state index contributed by atoms with van der Waals surface area (Å²) in [6.45, 7) is 1.85. The van der Waals surface area contributed by atoms with Gasteiger partial charge in [0, 0.05) is 16.6 Å². The third-order valence-electron chi connectivity index (χ3n) is 2.42. The van der Waals surface area contributed by atoms with E-state index in [4.69, 9.17) is 5.11 Å². The molecule has 1 heterocycles. The summed E-state index contributed by atoms with van der Waals surface area (Å²) in [5.74, 6) is -0.367. The molecule has 0 radical (unpaired) electrons. The van der Waals surface area contributed by atoms with Gasteiger partial charge in [0.15, 0.2) is 0 Å². The highest BCUT2D eigenvalue weighted by molar-refractivity contribution is 7.99. The Bertz CT molecular complexity index is 459. The van der Waals surface area contributed by atoms with Gasteiger partial charge < -0.3 is 10.4 Å². The molecule has 0 spiro atoms. The third kappa shape index (κ3) is 2.04. The summed E-state index contributed by atoms with van der Waals surface area (Å²) >= 11 is 1.51. The summed E-state index contributed by atoms with van der Waals surface area (Å²) in [5, 5.41) is 11.6. The molecule has 84 valence electrons. The fraction of sp³-hybridized carbons (Fsp3) is 0.273. The molecule has 0 saturated heterocycles. The quantitative estimate of drug-likeness (QED) is 0.784. The first-order valence-corrected chi connectivity index (χ1v) is 5.87. The van der Waals surface area contributed by atoms with E-state index in [2.05, 4.69) is 5.32 Å². The molecule has 16 heavy (non-hydrogen) atoms. The van der Waals surface area contributed by atoms with Crippen LogP contribution in [0.5, 0.6) is 0 Å². The molecule has 2 N–H and O–H groups in total. The predicted octanol–water partition coefficient (Wildman–Crippen LogP) is 2.07. The topological polar surface area (TPSA) is 66.4 Å². The van der Waals surface area contributed by atoms with Gasteiger partial charge in [0.2, 0.25) is 5.91 Å². The average Bonchev–Trinajstić information content (AvgIpc) is 2.39. The van der Waals surface area contributed by atoms with E-state index in [-0.39, 0.29) is 17.4 Å². The minimum Gasteiger partial charge on any atom is -0.478 e. The first-order valence-electron chi connectivity index (χ1n) is 4.89. The van der Waals surface area contributed by atoms with Crippen LogP contribution in [0.3, 0.4) is 0 Å². The van der Waals surface area contributed by atoms with Crippen LogP contribution in [0.15, 0.2) is 23.1 Å². The monoisotopic (exact) mass is 237 g/mol. The van der Waals surface area contributed by atoms with Crippen LogP contribution >= 0.6 is 11.8 Å². The highest BCUT2D eigenvalue weighted by Crippen LogP contribution is 2.33. The molecule has 1 atom stereocenters. The number of carbonyl (C=O) groups is 2. The highest BCUT2D eigenvalue weighted by atomic mass is 32.2. The average molecular weight is 237 g/mol. The van der Waals surface area contributed by atoms with Gasteiger partial charge in [0.25, 0.3) is 0 Å². The maximum atomic E-state index is 11.6. The molecule has 0 aromatic heterocycles. The zero-order chi connectivity index (χ0) is 11.7. The Kier molecular flexibility index (Phi) is 2.87. The summed E-state index contributed by atoms with van der Waals surface area (Å²) in [4.78, 5) is 23.2. The lowest BCUT2D eigenvalue weighted by atomic mass is 10.2. The molecule has 1 aromatic rings. The Labute approximate surface area is 97.0 Å². The van der Waals surface area contributed by atoms with E-state index < -0.39 is 5.97 Å². The fourth-order valence-corrected chi connectivity index (χ4v) is 2.49. The molecule has 0 bridgehead atoms. The lowest BCUT2D eigenvalue weighted by molar-refractivity contribution is -0.118. The van der Waals surface area contributed by atoms with Gasteiger partial charge in [-0.05, 0) is 18.2 Å². The van der Waals surface area contributed by atoms with Crippen molar-refractivity contribution in [3.05, 3.63) is 23.8 Å². The van der Waals surface area contributed by atoms with E-state index in [1.807, 2.05) is 6.92 Å². The first kappa shape index (κ1) is 11.0. The smallest absolute Gasteiger partial charge is 0.335 e. The number of aromatic carboxylic acids is 1. The third-order valence-corrected chi connectivity index (χ3v) is 3.74. The van der Waals surface area contributed by atoms with Crippen molar-refractivity contribution in [2.24, 2.45) is 5.92 Å². The predicted molar refractivity (Wildman–Crippen MR) is 61.9 cm³/mol. The molecule has 4 nitrogen and oxygen atoms in total. The van der Waals surface area contributed by atoms with E-state index in [9.17, 15) is 9.59 Å². The zero-order valence-electron chi connectivity index (χ0n) is 8.69. The molecule has 1 aliphatic heterocycles. The number of fused-ring (bicyclic) bond motifs is 1. The molecule has 2 rings (SSSR count). The number of nitrogens with one attached hydrogen (secondary N) is 1. The Morgan fingerprint density at radius 1 is 1.56 bits per heavy atom. The van der Waals surface area contributed by atoms with Crippen molar-refractivity contribution in [1.29, 1.82) is 0 Å². The molecule has 0 aliphatic carbocycles. The van der Waals surface area contributed by atoms with Crippen LogP contribution in [-0.4, -0.2) is 22.7 Å². The van der Waals surface area contributed by atoms with Gasteiger partial charge in [-0.3, -0.25) is 4.79 Å². The number of carboxylic acid groups (broad SMARTS) is 1. The first-order chi connectivity index (χ1) is 7.58. The number of hydrogen-bond acceptors (Lipinski definition) is 3. The van der Waals surface area contributed by atoms with Crippen molar-refractivity contribution in [1.82, 2.24) is 0 Å². The summed E-state index contributed by atoms with van der Waals surface area (Å²) in [7, 11) is 0. The van der Waals surface area contributed by atoms with Gasteiger partial charge in [0.05, 0.1) is 11.3 Å². The van der Waals surface area contributed by atoms with Crippen molar-refractivity contribution in [2.75, 3.05) is 11.1 Å². The molecule has 1 aromatic carbocycles. The number of benzene rings is 1. The van der Waals surface area contributed by atoms with Gasteiger partial charge in [-0.1, -0.05) is 6.92 Å². The van der Waals surface area contributed by atoms with Crippen LogP contribution in [0.4, 0.5) is 5.69 Å². The summed E-state index contributed by atoms with van der Waals surface area (Å²) in [6.07, 6.45) is 0. The normalized spacial score (nSPS) is 19.6. The van der Waals surface area contributed by atoms with Gasteiger partial charge in [-0.2, -0.15) is 0 Å². The molecular formula is C11H11NO3S. The van der Waals surface area contributed by atoms with Crippen LogP contribution < -0.4 is 5.32 Å². The molecular weight excluding hydrogens is 226 g/mol. The number of carboxylic acids is 1. The minimum atomic E-state index is -0.952. The van der Waals surface area contributed by atoms with E-state index in [0.717, 1.165) is 4.90 Å². The zero-order valence-corrected chi connectivity index (χ0v) is 9.50. The molecule has 1 unspecified atom stereocenters. The number of rotatable bonds is 1. The number of hydrogen-bond donors (Lipinski definition) is 2. The molecule has 0 fully saturated rings. The molecule has 1 amide bonds. The number of carbonyl (C=O) groups excluding carboxylic acids is 1. The fourth-order valence-electron chi connectivity index (χ4n) is 1.42. The lowest BCUT2D eigenvalue weighted by Gasteiger charge is -2.06. The Balaban J connectivity index is 2.38. The second-order valence-electron chi connectivity index (χ2n) is 3.72. The van der Waals surface area contributed by atoms with Gasteiger partial charge >= 0.3 is 5.97 Å². The van der Waals surface area contributed by atoms with Crippen molar-refractivity contribution in [2.45, 2.75) is 11.8 Å². The summed E-state index contributed by atoms with van der Waals surface area (Å²) < 4.78 is 0. The summed E-state index contributed by atoms with van der Waals surface area (Å²) in [6, 6.07) is 4.74. The van der Waals surface area contributed by atoms with Gasteiger partial charge in [0.1, 0.15) is 0 Å². The molecule has 1 aliphatic rings. The maximum Gasteiger partial charge on any atom is 0.335 e. The van der Waals surface area contributed by atoms with E-state index in [1.54, 1.807) is 12.1 Å². The number of anilines is 1. The van der Waals surface area contributed by atoms with E-state index >= 15 is 0 Å². The molecule has 0 saturated carbocycles. The Morgan fingerprint density at radius 3 is 3.00 bits per heavy atom. The standard InChI is InChI=1S/C11H11NO3S/c1-6-5-16-9-4-7(11(14)15)2-3-8(9)12-10(6)13/h2-4,6H,5H2,1H3,(H,12,13)(H,14,15). The second kappa shape index (κ2) is 4.17. The Morgan fingerprint density at radius 2 is 2.31 bits per heavy atom. The second-order valence-corrected chi connectivity index (χ2v) is 4.78. The van der Waals surface area contributed by atoms with Crippen LogP contribution in [0, 0.1) is 5.92 Å². The van der Waals surface area contributed by atoms with Crippen LogP contribution in [0.2, 0.25) is 0 Å². The van der Waals surface area contributed by atoms with Gasteiger partial charge in [-0.15, -0.1) is 11.8 Å². The molecule has 5 heteroatoms. The lowest BCUT2D eigenvalue weighted by Crippen LogP contribution is -2.20. The van der Waals surface area contributed by atoms with Gasteiger partial charge in [-0.25, -0.2) is 4.79 Å². The van der Waals surface area contributed by atoms with Crippen LogP contribution in [0.1, 0.15) is 17.3 Å². The largest absolute Gasteiger partial charge is 0.478 e.